The van der Waals surface area contributed by atoms with Gasteiger partial charge in [-0.2, -0.15) is 0 Å². The SMILES string of the molecule is CNCCc1ncn(C)c1-c1ccccc1F. The predicted molar refractivity (Wildman–Crippen MR) is 66.2 cm³/mol. The van der Waals surface area contributed by atoms with Crippen LogP contribution in [0.25, 0.3) is 11.3 Å². The Labute approximate surface area is 100 Å². The first-order chi connectivity index (χ1) is 8.24. The third kappa shape index (κ3) is 2.36. The number of likely N-dealkylation sites (N-methyl/N-ethyl adjacent to an activating group) is 1. The molecular formula is C13H16FN3. The second-order valence-electron chi connectivity index (χ2n) is 3.98. The minimum Gasteiger partial charge on any atom is -0.333 e. The van der Waals surface area contributed by atoms with E-state index in [4.69, 9.17) is 0 Å². The van der Waals surface area contributed by atoms with Gasteiger partial charge in [-0.1, -0.05) is 12.1 Å². The summed E-state index contributed by atoms with van der Waals surface area (Å²) in [6, 6.07) is 6.80. The number of benzene rings is 1. The minimum atomic E-state index is -0.207. The van der Waals surface area contributed by atoms with Crippen LogP contribution < -0.4 is 5.32 Å². The fourth-order valence-corrected chi connectivity index (χ4v) is 1.90. The Balaban J connectivity index is 2.44. The zero-order valence-corrected chi connectivity index (χ0v) is 10.1. The maximum atomic E-state index is 13.8. The Morgan fingerprint density at radius 1 is 1.35 bits per heavy atom. The highest BCUT2D eigenvalue weighted by Crippen LogP contribution is 2.25. The molecule has 0 amide bonds. The van der Waals surface area contributed by atoms with Crippen molar-refractivity contribution in [3.8, 4) is 11.3 Å². The minimum absolute atomic E-state index is 0.207. The van der Waals surface area contributed by atoms with Gasteiger partial charge >= 0.3 is 0 Å². The van der Waals surface area contributed by atoms with E-state index in [1.807, 2.05) is 24.7 Å². The highest BCUT2D eigenvalue weighted by atomic mass is 19.1. The highest BCUT2D eigenvalue weighted by molar-refractivity contribution is 5.63. The van der Waals surface area contributed by atoms with Gasteiger partial charge in [0.15, 0.2) is 0 Å². The molecular weight excluding hydrogens is 217 g/mol. The molecule has 1 aromatic heterocycles. The summed E-state index contributed by atoms with van der Waals surface area (Å²) in [6.45, 7) is 0.832. The molecule has 0 spiro atoms. The molecule has 0 aliphatic carbocycles. The van der Waals surface area contributed by atoms with Crippen LogP contribution in [-0.4, -0.2) is 23.1 Å². The van der Waals surface area contributed by atoms with Gasteiger partial charge in [0.05, 0.1) is 17.7 Å². The van der Waals surface area contributed by atoms with E-state index < -0.39 is 0 Å². The summed E-state index contributed by atoms with van der Waals surface area (Å²) in [4.78, 5) is 4.33. The molecule has 2 rings (SSSR count). The fourth-order valence-electron chi connectivity index (χ4n) is 1.90. The van der Waals surface area contributed by atoms with Crippen molar-refractivity contribution in [3.05, 3.63) is 42.1 Å². The van der Waals surface area contributed by atoms with Gasteiger partial charge in [-0.15, -0.1) is 0 Å². The summed E-state index contributed by atoms with van der Waals surface area (Å²) in [6.07, 6.45) is 2.52. The van der Waals surface area contributed by atoms with Crippen LogP contribution in [0.2, 0.25) is 0 Å². The first-order valence-corrected chi connectivity index (χ1v) is 5.63. The summed E-state index contributed by atoms with van der Waals surface area (Å²) in [5.74, 6) is -0.207. The average Bonchev–Trinajstić information content (AvgIpc) is 2.69. The smallest absolute Gasteiger partial charge is 0.132 e. The maximum absolute atomic E-state index is 13.8. The van der Waals surface area contributed by atoms with E-state index >= 15 is 0 Å². The molecule has 90 valence electrons. The molecule has 0 saturated carbocycles. The van der Waals surface area contributed by atoms with E-state index in [0.29, 0.717) is 5.56 Å². The molecule has 2 aromatic rings. The number of aryl methyl sites for hydroxylation is 1. The number of nitrogens with zero attached hydrogens (tertiary/aromatic N) is 2. The molecule has 4 heteroatoms. The van der Waals surface area contributed by atoms with Gasteiger partial charge in [0.1, 0.15) is 5.82 Å². The molecule has 0 bridgehead atoms. The molecule has 1 heterocycles. The van der Waals surface area contributed by atoms with Crippen molar-refractivity contribution in [2.75, 3.05) is 13.6 Å². The van der Waals surface area contributed by atoms with Crippen LogP contribution >= 0.6 is 0 Å². The van der Waals surface area contributed by atoms with Crippen molar-refractivity contribution >= 4 is 0 Å². The number of hydrogen-bond donors (Lipinski definition) is 1. The quantitative estimate of drug-likeness (QED) is 0.875. The van der Waals surface area contributed by atoms with E-state index in [1.54, 1.807) is 18.5 Å². The number of nitrogens with one attached hydrogen (secondary N) is 1. The molecule has 0 radical (unpaired) electrons. The van der Waals surface area contributed by atoms with Crippen molar-refractivity contribution in [3.63, 3.8) is 0 Å². The Bertz CT molecular complexity index is 505. The number of rotatable bonds is 4. The molecule has 17 heavy (non-hydrogen) atoms. The Kier molecular flexibility index (Phi) is 3.54. The summed E-state index contributed by atoms with van der Waals surface area (Å²) in [7, 11) is 3.78. The Morgan fingerprint density at radius 2 is 2.12 bits per heavy atom. The van der Waals surface area contributed by atoms with Gasteiger partial charge in [0.2, 0.25) is 0 Å². The molecule has 3 nitrogen and oxygen atoms in total. The van der Waals surface area contributed by atoms with E-state index in [2.05, 4.69) is 10.3 Å². The van der Waals surface area contributed by atoms with Gasteiger partial charge in [-0.05, 0) is 19.2 Å². The number of aromatic nitrogens is 2. The van der Waals surface area contributed by atoms with Gasteiger partial charge in [-0.3, -0.25) is 0 Å². The van der Waals surface area contributed by atoms with Gasteiger partial charge in [-0.25, -0.2) is 9.37 Å². The van der Waals surface area contributed by atoms with Crippen LogP contribution in [0.5, 0.6) is 0 Å². The van der Waals surface area contributed by atoms with E-state index in [1.165, 1.54) is 6.07 Å². The summed E-state index contributed by atoms with van der Waals surface area (Å²) >= 11 is 0. The lowest BCUT2D eigenvalue weighted by molar-refractivity contribution is 0.629. The van der Waals surface area contributed by atoms with Crippen molar-refractivity contribution in [1.29, 1.82) is 0 Å². The largest absolute Gasteiger partial charge is 0.333 e. The number of hydrogen-bond acceptors (Lipinski definition) is 2. The van der Waals surface area contributed by atoms with Crippen LogP contribution in [0.3, 0.4) is 0 Å². The zero-order valence-electron chi connectivity index (χ0n) is 10.1. The van der Waals surface area contributed by atoms with Crippen LogP contribution in [0.1, 0.15) is 5.69 Å². The molecule has 0 aliphatic heterocycles. The highest BCUT2D eigenvalue weighted by Gasteiger charge is 2.13. The number of imidazole rings is 1. The van der Waals surface area contributed by atoms with Crippen molar-refractivity contribution in [1.82, 2.24) is 14.9 Å². The first-order valence-electron chi connectivity index (χ1n) is 5.63. The third-order valence-corrected chi connectivity index (χ3v) is 2.75. The third-order valence-electron chi connectivity index (χ3n) is 2.75. The van der Waals surface area contributed by atoms with Crippen LogP contribution in [0, 0.1) is 5.82 Å². The number of halogens is 1. The Hall–Kier alpha value is -1.68. The molecule has 1 aromatic carbocycles. The van der Waals surface area contributed by atoms with E-state index in [-0.39, 0.29) is 5.82 Å². The van der Waals surface area contributed by atoms with Crippen molar-refractivity contribution < 1.29 is 4.39 Å². The molecule has 1 N–H and O–H groups in total. The first kappa shape index (κ1) is 11.8. The standard InChI is InChI=1S/C13H16FN3/c1-15-8-7-12-13(17(2)9-16-12)10-5-3-4-6-11(10)14/h3-6,9,15H,7-8H2,1-2H3. The van der Waals surface area contributed by atoms with Crippen molar-refractivity contribution in [2.24, 2.45) is 7.05 Å². The molecule has 0 unspecified atom stereocenters. The molecule has 0 saturated heterocycles. The lowest BCUT2D eigenvalue weighted by Crippen LogP contribution is -2.11. The van der Waals surface area contributed by atoms with Gasteiger partial charge in [0, 0.05) is 25.6 Å². The monoisotopic (exact) mass is 233 g/mol. The van der Waals surface area contributed by atoms with Crippen LogP contribution in [-0.2, 0) is 13.5 Å². The molecule has 0 fully saturated rings. The lowest BCUT2D eigenvalue weighted by atomic mass is 10.1. The summed E-state index contributed by atoms with van der Waals surface area (Å²) in [5.41, 5.74) is 2.39. The van der Waals surface area contributed by atoms with E-state index in [0.717, 1.165) is 24.4 Å². The summed E-state index contributed by atoms with van der Waals surface area (Å²) < 4.78 is 15.6. The Morgan fingerprint density at radius 3 is 2.82 bits per heavy atom. The normalized spacial score (nSPS) is 10.8. The van der Waals surface area contributed by atoms with Gasteiger partial charge in [0.25, 0.3) is 0 Å². The lowest BCUT2D eigenvalue weighted by Gasteiger charge is -2.07. The zero-order chi connectivity index (χ0) is 12.3. The molecule has 0 atom stereocenters. The van der Waals surface area contributed by atoms with Crippen LogP contribution in [0.4, 0.5) is 4.39 Å². The maximum Gasteiger partial charge on any atom is 0.132 e. The van der Waals surface area contributed by atoms with E-state index in [9.17, 15) is 4.39 Å². The summed E-state index contributed by atoms with van der Waals surface area (Å²) in [5, 5.41) is 3.08. The fraction of sp³-hybridized carbons (Fsp3) is 0.308. The van der Waals surface area contributed by atoms with Gasteiger partial charge < -0.3 is 9.88 Å². The average molecular weight is 233 g/mol. The molecule has 0 aliphatic rings. The van der Waals surface area contributed by atoms with Crippen molar-refractivity contribution in [2.45, 2.75) is 6.42 Å². The predicted octanol–water partition coefficient (Wildman–Crippen LogP) is 1.99. The van der Waals surface area contributed by atoms with Crippen LogP contribution in [0.15, 0.2) is 30.6 Å². The second kappa shape index (κ2) is 5.10. The topological polar surface area (TPSA) is 29.9 Å². The second-order valence-corrected chi connectivity index (χ2v) is 3.98.